The standard InChI is InChI=1S/C24H24N2O3S/c1-17(2)16-28-22-11-7-6-10-21(22)23(27)26-24(30)25-18-12-14-20(15-13-18)29-19-8-4-3-5-9-19/h3-15,17H,16H2,1-2H3,(H2,25,26,27,30). The van der Waals surface area contributed by atoms with E-state index in [9.17, 15) is 4.79 Å². The van der Waals surface area contributed by atoms with Crippen LogP contribution in [0.4, 0.5) is 5.69 Å². The lowest BCUT2D eigenvalue weighted by molar-refractivity contribution is 0.0973. The maximum absolute atomic E-state index is 12.6. The second-order valence-corrected chi connectivity index (χ2v) is 7.46. The van der Waals surface area contributed by atoms with Crippen LogP contribution in [-0.2, 0) is 0 Å². The van der Waals surface area contributed by atoms with Gasteiger partial charge in [-0.3, -0.25) is 10.1 Å². The van der Waals surface area contributed by atoms with E-state index in [0.717, 1.165) is 11.4 Å². The van der Waals surface area contributed by atoms with Crippen molar-refractivity contribution >= 4 is 28.9 Å². The molecule has 0 aromatic heterocycles. The molecule has 0 bridgehead atoms. The number of ether oxygens (including phenoxy) is 2. The summed E-state index contributed by atoms with van der Waals surface area (Å²) in [6, 6.07) is 24.0. The molecule has 3 rings (SSSR count). The summed E-state index contributed by atoms with van der Waals surface area (Å²) in [7, 11) is 0. The first-order valence-electron chi connectivity index (χ1n) is 9.68. The number of carbonyl (C=O) groups excluding carboxylic acids is 1. The van der Waals surface area contributed by atoms with Gasteiger partial charge in [-0.2, -0.15) is 0 Å². The third-order valence-electron chi connectivity index (χ3n) is 4.02. The fourth-order valence-electron chi connectivity index (χ4n) is 2.60. The molecule has 0 heterocycles. The first-order valence-corrected chi connectivity index (χ1v) is 10.1. The van der Waals surface area contributed by atoms with Gasteiger partial charge in [-0.1, -0.05) is 44.2 Å². The summed E-state index contributed by atoms with van der Waals surface area (Å²) in [4.78, 5) is 12.6. The summed E-state index contributed by atoms with van der Waals surface area (Å²) in [5.74, 6) is 2.04. The number of amides is 1. The second kappa shape index (κ2) is 10.4. The third kappa shape index (κ3) is 6.32. The maximum Gasteiger partial charge on any atom is 0.261 e. The van der Waals surface area contributed by atoms with E-state index < -0.39 is 0 Å². The van der Waals surface area contributed by atoms with Gasteiger partial charge in [0.2, 0.25) is 0 Å². The van der Waals surface area contributed by atoms with Crippen molar-refractivity contribution in [3.05, 3.63) is 84.4 Å². The molecule has 0 saturated carbocycles. The van der Waals surface area contributed by atoms with Crippen LogP contribution in [-0.4, -0.2) is 17.6 Å². The van der Waals surface area contributed by atoms with E-state index in [-0.39, 0.29) is 11.0 Å². The van der Waals surface area contributed by atoms with E-state index in [1.54, 1.807) is 18.2 Å². The van der Waals surface area contributed by atoms with Crippen LogP contribution >= 0.6 is 12.2 Å². The molecule has 0 aliphatic carbocycles. The van der Waals surface area contributed by atoms with Gasteiger partial charge in [0, 0.05) is 5.69 Å². The van der Waals surface area contributed by atoms with E-state index >= 15 is 0 Å². The van der Waals surface area contributed by atoms with Crippen LogP contribution in [0.15, 0.2) is 78.9 Å². The Morgan fingerprint density at radius 3 is 2.23 bits per heavy atom. The van der Waals surface area contributed by atoms with Gasteiger partial charge in [0.1, 0.15) is 17.2 Å². The SMILES string of the molecule is CC(C)COc1ccccc1C(=O)NC(=S)Nc1ccc(Oc2ccccc2)cc1. The summed E-state index contributed by atoms with van der Waals surface area (Å²) in [6.07, 6.45) is 0. The number of carbonyl (C=O) groups is 1. The first kappa shape index (κ1) is 21.3. The van der Waals surface area contributed by atoms with Crippen molar-refractivity contribution in [3.8, 4) is 17.2 Å². The van der Waals surface area contributed by atoms with Crippen molar-refractivity contribution in [2.75, 3.05) is 11.9 Å². The van der Waals surface area contributed by atoms with Crippen molar-refractivity contribution in [1.82, 2.24) is 5.32 Å². The van der Waals surface area contributed by atoms with Crippen molar-refractivity contribution in [1.29, 1.82) is 0 Å². The van der Waals surface area contributed by atoms with Crippen LogP contribution in [0.2, 0.25) is 0 Å². The molecular formula is C24H24N2O3S. The number of hydrogen-bond donors (Lipinski definition) is 2. The first-order chi connectivity index (χ1) is 14.5. The molecule has 0 unspecified atom stereocenters. The summed E-state index contributed by atoms with van der Waals surface area (Å²) in [5.41, 5.74) is 1.18. The van der Waals surface area contributed by atoms with Crippen LogP contribution in [0.25, 0.3) is 0 Å². The second-order valence-electron chi connectivity index (χ2n) is 7.05. The van der Waals surface area contributed by atoms with E-state index in [1.807, 2.05) is 60.7 Å². The molecule has 0 radical (unpaired) electrons. The molecule has 3 aromatic rings. The quantitative estimate of drug-likeness (QED) is 0.484. The lowest BCUT2D eigenvalue weighted by Crippen LogP contribution is -2.34. The summed E-state index contributed by atoms with van der Waals surface area (Å²) in [6.45, 7) is 4.64. The third-order valence-corrected chi connectivity index (χ3v) is 4.23. The topological polar surface area (TPSA) is 59.6 Å². The lowest BCUT2D eigenvalue weighted by atomic mass is 10.2. The predicted octanol–water partition coefficient (Wildman–Crippen LogP) is 5.64. The zero-order chi connectivity index (χ0) is 21.3. The highest BCUT2D eigenvalue weighted by Gasteiger charge is 2.14. The van der Waals surface area contributed by atoms with E-state index in [2.05, 4.69) is 24.5 Å². The van der Waals surface area contributed by atoms with Gasteiger partial charge in [-0.15, -0.1) is 0 Å². The molecule has 1 amide bonds. The Morgan fingerprint density at radius 2 is 1.53 bits per heavy atom. The Balaban J connectivity index is 1.57. The van der Waals surface area contributed by atoms with Crippen LogP contribution in [0.5, 0.6) is 17.2 Å². The monoisotopic (exact) mass is 420 g/mol. The molecule has 3 aromatic carbocycles. The molecule has 0 saturated heterocycles. The Bertz CT molecular complexity index is 989. The maximum atomic E-state index is 12.6. The Labute approximate surface area is 182 Å². The Morgan fingerprint density at radius 1 is 0.900 bits per heavy atom. The molecule has 154 valence electrons. The number of hydrogen-bond acceptors (Lipinski definition) is 4. The normalized spacial score (nSPS) is 10.4. The Hall–Kier alpha value is -3.38. The minimum Gasteiger partial charge on any atom is -0.492 e. The predicted molar refractivity (Wildman–Crippen MR) is 123 cm³/mol. The molecular weight excluding hydrogens is 396 g/mol. The fourth-order valence-corrected chi connectivity index (χ4v) is 2.81. The largest absolute Gasteiger partial charge is 0.492 e. The van der Waals surface area contributed by atoms with Gasteiger partial charge < -0.3 is 14.8 Å². The summed E-state index contributed by atoms with van der Waals surface area (Å²) in [5, 5.41) is 5.91. The van der Waals surface area contributed by atoms with E-state index in [1.165, 1.54) is 0 Å². The van der Waals surface area contributed by atoms with Crippen LogP contribution in [0.1, 0.15) is 24.2 Å². The minimum absolute atomic E-state index is 0.204. The summed E-state index contributed by atoms with van der Waals surface area (Å²) < 4.78 is 11.5. The molecule has 0 atom stereocenters. The molecule has 0 fully saturated rings. The van der Waals surface area contributed by atoms with E-state index in [0.29, 0.717) is 29.6 Å². The van der Waals surface area contributed by atoms with Crippen LogP contribution in [0.3, 0.4) is 0 Å². The van der Waals surface area contributed by atoms with Crippen molar-refractivity contribution in [3.63, 3.8) is 0 Å². The smallest absolute Gasteiger partial charge is 0.261 e. The van der Waals surface area contributed by atoms with Gasteiger partial charge >= 0.3 is 0 Å². The molecule has 5 nitrogen and oxygen atoms in total. The molecule has 6 heteroatoms. The molecule has 0 aliphatic heterocycles. The number of nitrogens with one attached hydrogen (secondary N) is 2. The average molecular weight is 421 g/mol. The molecule has 30 heavy (non-hydrogen) atoms. The number of benzene rings is 3. The van der Waals surface area contributed by atoms with Gasteiger partial charge in [-0.25, -0.2) is 0 Å². The van der Waals surface area contributed by atoms with Crippen molar-refractivity contribution in [2.45, 2.75) is 13.8 Å². The number of rotatable bonds is 7. The highest BCUT2D eigenvalue weighted by Crippen LogP contribution is 2.23. The van der Waals surface area contributed by atoms with Gasteiger partial charge in [0.25, 0.3) is 5.91 Å². The number of para-hydroxylation sites is 2. The highest BCUT2D eigenvalue weighted by atomic mass is 32.1. The van der Waals surface area contributed by atoms with Gasteiger partial charge in [0.15, 0.2) is 5.11 Å². The van der Waals surface area contributed by atoms with Crippen molar-refractivity contribution < 1.29 is 14.3 Å². The van der Waals surface area contributed by atoms with Crippen LogP contribution < -0.4 is 20.1 Å². The number of thiocarbonyl (C=S) groups is 1. The fraction of sp³-hybridized carbons (Fsp3) is 0.167. The minimum atomic E-state index is -0.323. The van der Waals surface area contributed by atoms with Gasteiger partial charge in [-0.05, 0) is 66.7 Å². The number of anilines is 1. The average Bonchev–Trinajstić information content (AvgIpc) is 2.74. The Kier molecular flexibility index (Phi) is 7.40. The zero-order valence-corrected chi connectivity index (χ0v) is 17.7. The molecule has 0 aliphatic rings. The van der Waals surface area contributed by atoms with Crippen LogP contribution in [0, 0.1) is 5.92 Å². The summed E-state index contributed by atoms with van der Waals surface area (Å²) >= 11 is 5.28. The lowest BCUT2D eigenvalue weighted by Gasteiger charge is -2.14. The van der Waals surface area contributed by atoms with Gasteiger partial charge in [0.05, 0.1) is 12.2 Å². The molecule has 0 spiro atoms. The molecule has 2 N–H and O–H groups in total. The highest BCUT2D eigenvalue weighted by molar-refractivity contribution is 7.80. The zero-order valence-electron chi connectivity index (χ0n) is 16.9. The van der Waals surface area contributed by atoms with E-state index in [4.69, 9.17) is 21.7 Å². The van der Waals surface area contributed by atoms with Crippen molar-refractivity contribution in [2.24, 2.45) is 5.92 Å².